The van der Waals surface area contributed by atoms with Gasteiger partial charge in [-0.3, -0.25) is 9.78 Å². The SMILES string of the molecule is CCC(=O)CCCCCCc1ncc(-c2cc3ccc(C)nc3cc2F)o1. The van der Waals surface area contributed by atoms with Crippen molar-refractivity contribution in [3.8, 4) is 11.3 Å². The number of aromatic nitrogens is 2. The number of hydrogen-bond acceptors (Lipinski definition) is 4. The van der Waals surface area contributed by atoms with Gasteiger partial charge in [0.2, 0.25) is 0 Å². The lowest BCUT2D eigenvalue weighted by molar-refractivity contribution is -0.118. The maximum absolute atomic E-state index is 14.5. The highest BCUT2D eigenvalue weighted by molar-refractivity contribution is 5.84. The molecule has 0 saturated heterocycles. The third-order valence-corrected chi connectivity index (χ3v) is 4.73. The molecule has 0 saturated carbocycles. The lowest BCUT2D eigenvalue weighted by atomic mass is 10.1. The van der Waals surface area contributed by atoms with Crippen molar-refractivity contribution in [2.75, 3.05) is 0 Å². The Kier molecular flexibility index (Phi) is 6.32. The molecule has 0 spiro atoms. The number of carbonyl (C=O) groups excluding carboxylic acids is 1. The molecular formula is C22H25FN2O2. The van der Waals surface area contributed by atoms with Crippen molar-refractivity contribution in [2.45, 2.75) is 58.8 Å². The maximum atomic E-state index is 14.5. The lowest BCUT2D eigenvalue weighted by Gasteiger charge is -2.04. The summed E-state index contributed by atoms with van der Waals surface area (Å²) in [6.45, 7) is 3.79. The lowest BCUT2D eigenvalue weighted by Crippen LogP contribution is -1.94. The normalized spacial score (nSPS) is 11.2. The summed E-state index contributed by atoms with van der Waals surface area (Å²) in [5.74, 6) is 1.04. The molecular weight excluding hydrogens is 343 g/mol. The van der Waals surface area contributed by atoms with Gasteiger partial charge < -0.3 is 4.42 Å². The smallest absolute Gasteiger partial charge is 0.194 e. The quantitative estimate of drug-likeness (QED) is 0.447. The molecule has 3 aromatic rings. The van der Waals surface area contributed by atoms with Gasteiger partial charge in [0.05, 0.1) is 17.3 Å². The molecule has 0 radical (unpaired) electrons. The second kappa shape index (κ2) is 8.89. The van der Waals surface area contributed by atoms with Gasteiger partial charge >= 0.3 is 0 Å². The minimum absolute atomic E-state index is 0.329. The average molecular weight is 368 g/mol. The van der Waals surface area contributed by atoms with E-state index in [1.807, 2.05) is 26.0 Å². The van der Waals surface area contributed by atoms with Gasteiger partial charge in [0.15, 0.2) is 11.7 Å². The Balaban J connectivity index is 1.59. The van der Waals surface area contributed by atoms with Crippen LogP contribution in [0.25, 0.3) is 22.2 Å². The summed E-state index contributed by atoms with van der Waals surface area (Å²) in [5, 5.41) is 0.872. The highest BCUT2D eigenvalue weighted by Gasteiger charge is 2.13. The molecule has 3 rings (SSSR count). The summed E-state index contributed by atoms with van der Waals surface area (Å²) >= 11 is 0. The fourth-order valence-corrected chi connectivity index (χ4v) is 3.12. The fraction of sp³-hybridized carbons (Fsp3) is 0.409. The Morgan fingerprint density at radius 2 is 1.96 bits per heavy atom. The number of halogens is 1. The number of benzene rings is 1. The molecule has 0 N–H and O–H groups in total. The Labute approximate surface area is 158 Å². The summed E-state index contributed by atoms with van der Waals surface area (Å²) < 4.78 is 20.2. The van der Waals surface area contributed by atoms with Gasteiger partial charge in [-0.1, -0.05) is 25.8 Å². The van der Waals surface area contributed by atoms with E-state index < -0.39 is 0 Å². The number of aryl methyl sites for hydroxylation is 2. The van der Waals surface area contributed by atoms with Crippen molar-refractivity contribution in [1.29, 1.82) is 0 Å². The number of rotatable bonds is 9. The molecule has 1 aromatic carbocycles. The number of pyridine rings is 1. The van der Waals surface area contributed by atoms with E-state index in [9.17, 15) is 9.18 Å². The topological polar surface area (TPSA) is 56.0 Å². The van der Waals surface area contributed by atoms with Crippen molar-refractivity contribution >= 4 is 16.7 Å². The molecule has 2 aromatic heterocycles. The molecule has 0 aliphatic heterocycles. The average Bonchev–Trinajstić information content (AvgIpc) is 3.12. The van der Waals surface area contributed by atoms with Gasteiger partial charge in [-0.25, -0.2) is 9.37 Å². The number of carbonyl (C=O) groups is 1. The van der Waals surface area contributed by atoms with Crippen LogP contribution in [0.15, 0.2) is 34.9 Å². The van der Waals surface area contributed by atoms with E-state index in [-0.39, 0.29) is 5.82 Å². The van der Waals surface area contributed by atoms with Crippen LogP contribution in [-0.2, 0) is 11.2 Å². The summed E-state index contributed by atoms with van der Waals surface area (Å²) in [6.07, 6.45) is 7.56. The van der Waals surface area contributed by atoms with Crippen LogP contribution in [0.4, 0.5) is 4.39 Å². The number of nitrogens with zero attached hydrogens (tertiary/aromatic N) is 2. The number of ketones is 1. The van der Waals surface area contributed by atoms with Gasteiger partial charge in [0.1, 0.15) is 11.6 Å². The fourth-order valence-electron chi connectivity index (χ4n) is 3.12. The summed E-state index contributed by atoms with van der Waals surface area (Å²) in [4.78, 5) is 19.9. The zero-order valence-electron chi connectivity index (χ0n) is 15.9. The van der Waals surface area contributed by atoms with Crippen LogP contribution < -0.4 is 0 Å². The van der Waals surface area contributed by atoms with Crippen LogP contribution in [0.1, 0.15) is 57.0 Å². The van der Waals surface area contributed by atoms with Crippen LogP contribution in [0, 0.1) is 12.7 Å². The molecule has 5 heteroatoms. The Morgan fingerprint density at radius 3 is 2.78 bits per heavy atom. The first kappa shape index (κ1) is 19.2. The van der Waals surface area contributed by atoms with E-state index in [1.165, 1.54) is 6.07 Å². The second-order valence-corrected chi connectivity index (χ2v) is 6.90. The second-order valence-electron chi connectivity index (χ2n) is 6.90. The molecule has 0 fully saturated rings. The predicted molar refractivity (Wildman–Crippen MR) is 104 cm³/mol. The van der Waals surface area contributed by atoms with Crippen LogP contribution in [0.5, 0.6) is 0 Å². The van der Waals surface area contributed by atoms with E-state index in [4.69, 9.17) is 4.42 Å². The molecule has 0 unspecified atom stereocenters. The molecule has 0 atom stereocenters. The molecule has 0 bridgehead atoms. The Morgan fingerprint density at radius 1 is 1.15 bits per heavy atom. The van der Waals surface area contributed by atoms with Crippen molar-refractivity contribution in [1.82, 2.24) is 9.97 Å². The zero-order chi connectivity index (χ0) is 19.2. The number of hydrogen-bond donors (Lipinski definition) is 0. The summed E-state index contributed by atoms with van der Waals surface area (Å²) in [7, 11) is 0. The number of unbranched alkanes of at least 4 members (excludes halogenated alkanes) is 3. The Hall–Kier alpha value is -2.56. The zero-order valence-corrected chi connectivity index (χ0v) is 15.9. The van der Waals surface area contributed by atoms with Gasteiger partial charge in [-0.2, -0.15) is 0 Å². The minimum Gasteiger partial charge on any atom is -0.441 e. The first-order chi connectivity index (χ1) is 13.1. The van der Waals surface area contributed by atoms with Gasteiger partial charge in [-0.05, 0) is 31.9 Å². The Bertz CT molecular complexity index is 933. The third-order valence-electron chi connectivity index (χ3n) is 4.73. The monoisotopic (exact) mass is 368 g/mol. The van der Waals surface area contributed by atoms with Crippen molar-refractivity contribution in [3.05, 3.63) is 47.9 Å². The molecule has 2 heterocycles. The van der Waals surface area contributed by atoms with E-state index in [1.54, 1.807) is 12.3 Å². The standard InChI is InChI=1S/C22H25FN2O2/c1-3-17(26)8-6-4-5-7-9-22-24-14-21(27-22)18-12-16-11-10-15(2)25-20(16)13-19(18)23/h10-14H,3-9H2,1-2H3. The third kappa shape index (κ3) is 5.00. The van der Waals surface area contributed by atoms with Crippen LogP contribution in [-0.4, -0.2) is 15.8 Å². The molecule has 0 amide bonds. The number of fused-ring (bicyclic) bond motifs is 1. The minimum atomic E-state index is -0.358. The van der Waals surface area contributed by atoms with Crippen molar-refractivity contribution < 1.29 is 13.6 Å². The van der Waals surface area contributed by atoms with E-state index >= 15 is 0 Å². The summed E-state index contributed by atoms with van der Waals surface area (Å²) in [6, 6.07) is 7.04. The molecule has 27 heavy (non-hydrogen) atoms. The highest BCUT2D eigenvalue weighted by atomic mass is 19.1. The number of oxazole rings is 1. The summed E-state index contributed by atoms with van der Waals surface area (Å²) in [5.41, 5.74) is 1.90. The largest absolute Gasteiger partial charge is 0.441 e. The van der Waals surface area contributed by atoms with Gasteiger partial charge in [0, 0.05) is 36.4 Å². The first-order valence-electron chi connectivity index (χ1n) is 9.60. The van der Waals surface area contributed by atoms with E-state index in [0.717, 1.165) is 43.2 Å². The van der Waals surface area contributed by atoms with Crippen LogP contribution >= 0.6 is 0 Å². The van der Waals surface area contributed by atoms with E-state index in [0.29, 0.717) is 41.4 Å². The van der Waals surface area contributed by atoms with Crippen molar-refractivity contribution in [3.63, 3.8) is 0 Å². The number of Topliss-reactive ketones (excluding diaryl/α,β-unsaturated/α-hetero) is 1. The molecule has 0 aliphatic carbocycles. The highest BCUT2D eigenvalue weighted by Crippen LogP contribution is 2.28. The maximum Gasteiger partial charge on any atom is 0.194 e. The predicted octanol–water partition coefficient (Wildman–Crippen LogP) is 5.81. The van der Waals surface area contributed by atoms with E-state index in [2.05, 4.69) is 9.97 Å². The van der Waals surface area contributed by atoms with Crippen molar-refractivity contribution in [2.24, 2.45) is 0 Å². The molecule has 142 valence electrons. The first-order valence-corrected chi connectivity index (χ1v) is 9.60. The van der Waals surface area contributed by atoms with Crippen LogP contribution in [0.3, 0.4) is 0 Å². The van der Waals surface area contributed by atoms with Crippen LogP contribution in [0.2, 0.25) is 0 Å². The van der Waals surface area contributed by atoms with Gasteiger partial charge in [0.25, 0.3) is 0 Å². The molecule has 0 aliphatic rings. The van der Waals surface area contributed by atoms with Gasteiger partial charge in [-0.15, -0.1) is 0 Å². The molecule has 4 nitrogen and oxygen atoms in total.